The standard InChI is InChI=1S/C3H5BrIN3/c1-7-3(4)8(5)2-6-7/h2-3H,1H3. The zero-order chi connectivity index (χ0) is 6.15. The van der Waals surface area contributed by atoms with Crippen LogP contribution in [0.4, 0.5) is 0 Å². The lowest BCUT2D eigenvalue weighted by Gasteiger charge is -2.15. The maximum atomic E-state index is 3.98. The summed E-state index contributed by atoms with van der Waals surface area (Å²) in [7, 11) is 1.91. The van der Waals surface area contributed by atoms with Crippen LogP contribution in [0.15, 0.2) is 5.10 Å². The van der Waals surface area contributed by atoms with Crippen LogP contribution in [0.1, 0.15) is 0 Å². The summed E-state index contributed by atoms with van der Waals surface area (Å²) in [4.78, 5) is 0. The number of hydrogen-bond acceptors (Lipinski definition) is 3. The van der Waals surface area contributed by atoms with Crippen molar-refractivity contribution >= 4 is 45.1 Å². The van der Waals surface area contributed by atoms with E-state index in [1.807, 2.05) is 15.2 Å². The Morgan fingerprint density at radius 3 is 2.62 bits per heavy atom. The van der Waals surface area contributed by atoms with E-state index in [-0.39, 0.29) is 5.08 Å². The van der Waals surface area contributed by atoms with Crippen LogP contribution in [-0.4, -0.2) is 26.6 Å². The van der Waals surface area contributed by atoms with Gasteiger partial charge in [0.1, 0.15) is 6.34 Å². The lowest BCUT2D eigenvalue weighted by Crippen LogP contribution is -2.24. The third kappa shape index (κ3) is 1.07. The highest BCUT2D eigenvalue weighted by Gasteiger charge is 2.18. The van der Waals surface area contributed by atoms with Gasteiger partial charge in [0.05, 0.1) is 22.9 Å². The van der Waals surface area contributed by atoms with Crippen LogP contribution in [0.25, 0.3) is 0 Å². The Morgan fingerprint density at radius 2 is 2.50 bits per heavy atom. The molecule has 1 unspecified atom stereocenters. The minimum atomic E-state index is 0.225. The summed E-state index contributed by atoms with van der Waals surface area (Å²) < 4.78 is 1.94. The number of nitrogens with zero attached hydrogens (tertiary/aromatic N) is 3. The average Bonchev–Trinajstić information content (AvgIpc) is 1.98. The van der Waals surface area contributed by atoms with Gasteiger partial charge in [0.25, 0.3) is 0 Å². The number of rotatable bonds is 0. The first-order valence-corrected chi connectivity index (χ1v) is 3.95. The Kier molecular flexibility index (Phi) is 1.97. The van der Waals surface area contributed by atoms with Crippen LogP contribution in [0.5, 0.6) is 0 Å². The van der Waals surface area contributed by atoms with E-state index in [9.17, 15) is 0 Å². The summed E-state index contributed by atoms with van der Waals surface area (Å²) in [6, 6.07) is 0. The molecule has 3 nitrogen and oxygen atoms in total. The highest BCUT2D eigenvalue weighted by atomic mass is 127. The van der Waals surface area contributed by atoms with E-state index in [1.54, 1.807) is 6.34 Å². The summed E-state index contributed by atoms with van der Waals surface area (Å²) in [5.41, 5.74) is 0. The van der Waals surface area contributed by atoms with Crippen molar-refractivity contribution in [1.29, 1.82) is 0 Å². The zero-order valence-corrected chi connectivity index (χ0v) is 8.00. The van der Waals surface area contributed by atoms with Crippen molar-refractivity contribution in [3.63, 3.8) is 0 Å². The van der Waals surface area contributed by atoms with Gasteiger partial charge < -0.3 is 0 Å². The largest absolute Gasteiger partial charge is 0.270 e. The Hall–Kier alpha value is 0.480. The summed E-state index contributed by atoms with van der Waals surface area (Å²) >= 11 is 5.56. The molecule has 0 fully saturated rings. The third-order valence-electron chi connectivity index (χ3n) is 0.856. The van der Waals surface area contributed by atoms with Crippen LogP contribution < -0.4 is 0 Å². The maximum Gasteiger partial charge on any atom is 0.183 e. The Bertz CT molecular complexity index is 105. The lowest BCUT2D eigenvalue weighted by molar-refractivity contribution is 0.324. The molecule has 0 aromatic carbocycles. The van der Waals surface area contributed by atoms with Gasteiger partial charge in [-0.15, -0.1) is 0 Å². The van der Waals surface area contributed by atoms with E-state index >= 15 is 0 Å². The molecule has 0 radical (unpaired) electrons. The van der Waals surface area contributed by atoms with Crippen molar-refractivity contribution < 1.29 is 0 Å². The van der Waals surface area contributed by atoms with Crippen molar-refractivity contribution in [2.24, 2.45) is 5.10 Å². The van der Waals surface area contributed by atoms with Crippen molar-refractivity contribution in [3.8, 4) is 0 Å². The molecular weight excluding hydrogens is 285 g/mol. The van der Waals surface area contributed by atoms with E-state index in [0.29, 0.717) is 0 Å². The molecule has 1 heterocycles. The fraction of sp³-hybridized carbons (Fsp3) is 0.667. The first kappa shape index (κ1) is 6.60. The van der Waals surface area contributed by atoms with Gasteiger partial charge in [-0.3, -0.25) is 8.12 Å². The number of hydrogen-bond donors (Lipinski definition) is 0. The molecule has 0 saturated carbocycles. The Balaban J connectivity index is 2.55. The van der Waals surface area contributed by atoms with Gasteiger partial charge in [-0.05, 0) is 15.9 Å². The highest BCUT2D eigenvalue weighted by Crippen LogP contribution is 2.18. The molecule has 1 rings (SSSR count). The zero-order valence-electron chi connectivity index (χ0n) is 4.25. The Labute approximate surface area is 70.3 Å². The van der Waals surface area contributed by atoms with Crippen molar-refractivity contribution in [2.45, 2.75) is 5.08 Å². The van der Waals surface area contributed by atoms with Gasteiger partial charge in [0.15, 0.2) is 5.08 Å². The summed E-state index contributed by atoms with van der Waals surface area (Å²) in [6.07, 6.45) is 1.76. The molecule has 46 valence electrons. The maximum absolute atomic E-state index is 3.98. The molecule has 0 spiro atoms. The monoisotopic (exact) mass is 289 g/mol. The predicted molar refractivity (Wildman–Crippen MR) is 44.8 cm³/mol. The number of hydrazone groups is 1. The third-order valence-corrected chi connectivity index (χ3v) is 3.43. The van der Waals surface area contributed by atoms with Gasteiger partial charge in [-0.25, -0.2) is 0 Å². The fourth-order valence-corrected chi connectivity index (χ4v) is 1.08. The first-order chi connectivity index (χ1) is 3.72. The van der Waals surface area contributed by atoms with Gasteiger partial charge >= 0.3 is 0 Å². The molecule has 0 aromatic rings. The number of halogens is 2. The first-order valence-electron chi connectivity index (χ1n) is 2.07. The summed E-state index contributed by atoms with van der Waals surface area (Å²) in [6.45, 7) is 0. The number of alkyl halides is 1. The van der Waals surface area contributed by atoms with E-state index < -0.39 is 0 Å². The van der Waals surface area contributed by atoms with Crippen LogP contribution in [0.2, 0.25) is 0 Å². The van der Waals surface area contributed by atoms with E-state index in [0.717, 1.165) is 0 Å². The molecule has 8 heavy (non-hydrogen) atoms. The molecular formula is C3H5BrIN3. The van der Waals surface area contributed by atoms with Gasteiger partial charge in [0, 0.05) is 7.05 Å². The topological polar surface area (TPSA) is 18.8 Å². The second kappa shape index (κ2) is 2.38. The van der Waals surface area contributed by atoms with Gasteiger partial charge in [0.2, 0.25) is 0 Å². The van der Waals surface area contributed by atoms with Crippen LogP contribution in [-0.2, 0) is 0 Å². The minimum absolute atomic E-state index is 0.225. The molecule has 0 bridgehead atoms. The molecule has 1 aliphatic rings. The quantitative estimate of drug-likeness (QED) is 0.289. The normalized spacial score (nSPS) is 27.6. The molecule has 5 heteroatoms. The lowest BCUT2D eigenvalue weighted by atomic mass is 11.0. The van der Waals surface area contributed by atoms with Crippen LogP contribution >= 0.6 is 38.8 Å². The summed E-state index contributed by atoms with van der Waals surface area (Å²) in [5, 5.41) is 6.03. The van der Waals surface area contributed by atoms with Crippen molar-refractivity contribution in [2.75, 3.05) is 7.05 Å². The molecule has 0 amide bonds. The van der Waals surface area contributed by atoms with Gasteiger partial charge in [-0.2, -0.15) is 5.10 Å². The van der Waals surface area contributed by atoms with Gasteiger partial charge in [-0.1, -0.05) is 0 Å². The average molecular weight is 290 g/mol. The minimum Gasteiger partial charge on any atom is -0.270 e. The molecule has 0 saturated heterocycles. The Morgan fingerprint density at radius 1 is 1.88 bits per heavy atom. The van der Waals surface area contributed by atoms with E-state index in [2.05, 4.69) is 43.9 Å². The molecule has 0 aromatic heterocycles. The second-order valence-corrected chi connectivity index (χ2v) is 3.39. The van der Waals surface area contributed by atoms with E-state index in [1.165, 1.54) is 0 Å². The summed E-state index contributed by atoms with van der Waals surface area (Å²) in [5.74, 6) is 0. The van der Waals surface area contributed by atoms with Crippen LogP contribution in [0.3, 0.4) is 0 Å². The van der Waals surface area contributed by atoms with E-state index in [4.69, 9.17) is 0 Å². The molecule has 0 N–H and O–H groups in total. The predicted octanol–water partition coefficient (Wildman–Crippen LogP) is 1.21. The van der Waals surface area contributed by atoms with Crippen molar-refractivity contribution in [3.05, 3.63) is 0 Å². The SMILES string of the molecule is CN1N=CN(I)C1Br. The van der Waals surface area contributed by atoms with Crippen molar-refractivity contribution in [1.82, 2.24) is 8.12 Å². The molecule has 1 aliphatic heterocycles. The smallest absolute Gasteiger partial charge is 0.183 e. The van der Waals surface area contributed by atoms with Crippen LogP contribution in [0, 0.1) is 0 Å². The second-order valence-electron chi connectivity index (χ2n) is 1.46. The fourth-order valence-electron chi connectivity index (χ4n) is 0.400. The molecule has 0 aliphatic carbocycles. The molecule has 1 atom stereocenters. The highest BCUT2D eigenvalue weighted by molar-refractivity contribution is 14.1.